The van der Waals surface area contributed by atoms with Crippen LogP contribution in [0.25, 0.3) is 12.7 Å². The molecule has 0 spiro atoms. The van der Waals surface area contributed by atoms with Crippen LogP contribution in [0.5, 0.6) is 0 Å². The van der Waals surface area contributed by atoms with Gasteiger partial charge in [0.2, 0.25) is 0 Å². The third kappa shape index (κ3) is 12.0. The number of nitrogens with zero attached hydrogens (tertiary/aromatic N) is 2. The van der Waals surface area contributed by atoms with E-state index in [2.05, 4.69) is 167 Å². The molecule has 3 N–H and O–H groups in total. The summed E-state index contributed by atoms with van der Waals surface area (Å²) in [6.45, 7) is 32.9. The number of fused-ring (bicyclic) bond motifs is 2. The van der Waals surface area contributed by atoms with Crippen LogP contribution in [0.4, 0.5) is 5.69 Å². The molecule has 2 aliphatic heterocycles. The number of hydrogen-bond acceptors (Lipinski definition) is 3. The van der Waals surface area contributed by atoms with Gasteiger partial charge in [0.05, 0.1) is 5.41 Å². The Balaban J connectivity index is 0.00000192. The highest BCUT2D eigenvalue weighted by Gasteiger charge is 2.40. The van der Waals surface area contributed by atoms with Gasteiger partial charge >= 0.3 is 0 Å². The fraction of sp³-hybridized carbons (Fsp3) is 0.460. The standard InChI is InChI=1S/C47H63N2.C2H6.CH6N2/c1-10-13-15-19-25-35-49-42-32-31-37(4)40(26-12-3)45(42)47(8,9)44(49)30-21-18-16-17-20-29-43-46(6,7)38(5)41-28-23-22-27-39(41)33-36-48(43)34-24-14-11-2;1-2;1-3-2/h10,16-18,20-21,26-33,36H,1,4-5,11-15,19,22-25,34-35H2,2-3,6-9H3;1-2H3;3H,2H2,1H3/q+1;;/b36-33-,40-26+;;. The molecule has 0 saturated carbocycles. The van der Waals surface area contributed by atoms with E-state index in [1.54, 1.807) is 7.05 Å². The van der Waals surface area contributed by atoms with Crippen molar-refractivity contribution in [2.24, 2.45) is 11.3 Å². The van der Waals surface area contributed by atoms with Crippen molar-refractivity contribution in [3.05, 3.63) is 137 Å². The van der Waals surface area contributed by atoms with Gasteiger partial charge in [-0.3, -0.25) is 11.3 Å². The largest absolute Gasteiger partial charge is 0.344 e. The van der Waals surface area contributed by atoms with Crippen molar-refractivity contribution in [3.63, 3.8) is 0 Å². The molecule has 0 atom stereocenters. The second kappa shape index (κ2) is 23.7. The highest BCUT2D eigenvalue weighted by atomic mass is 15.2. The van der Waals surface area contributed by atoms with Gasteiger partial charge in [0.1, 0.15) is 6.54 Å². The summed E-state index contributed by atoms with van der Waals surface area (Å²) in [5, 5.41) is 2.42. The fourth-order valence-electron chi connectivity index (χ4n) is 7.61. The molecule has 0 fully saturated rings. The quantitative estimate of drug-likeness (QED) is 0.0471. The van der Waals surface area contributed by atoms with Crippen LogP contribution in [-0.4, -0.2) is 30.4 Å². The zero-order chi connectivity index (χ0) is 40.1. The lowest BCUT2D eigenvalue weighted by Crippen LogP contribution is -2.34. The molecule has 1 aromatic rings. The Bertz CT molecular complexity index is 1750. The van der Waals surface area contributed by atoms with Crippen LogP contribution in [0, 0.1) is 5.41 Å². The number of hydrazine groups is 1. The Morgan fingerprint density at radius 3 is 2.26 bits per heavy atom. The summed E-state index contributed by atoms with van der Waals surface area (Å²) in [5.41, 5.74) is 11.2. The lowest BCUT2D eigenvalue weighted by Gasteiger charge is -2.30. The fourth-order valence-corrected chi connectivity index (χ4v) is 7.61. The smallest absolute Gasteiger partial charge is 0.191 e. The zero-order valence-electron chi connectivity index (χ0n) is 35.7. The highest BCUT2D eigenvalue weighted by molar-refractivity contribution is 5.99. The molecule has 1 aliphatic carbocycles. The molecule has 0 bridgehead atoms. The maximum atomic E-state index is 4.65. The number of benzene rings is 1. The number of rotatable bonds is 15. The molecule has 4 rings (SSSR count). The van der Waals surface area contributed by atoms with Crippen molar-refractivity contribution in [2.45, 2.75) is 125 Å². The van der Waals surface area contributed by atoms with E-state index in [0.717, 1.165) is 50.4 Å². The van der Waals surface area contributed by atoms with Gasteiger partial charge in [-0.15, -0.1) is 6.58 Å². The van der Waals surface area contributed by atoms with E-state index in [4.69, 9.17) is 0 Å². The zero-order valence-corrected chi connectivity index (χ0v) is 35.7. The highest BCUT2D eigenvalue weighted by Crippen LogP contribution is 2.46. The average molecular weight is 732 g/mol. The van der Waals surface area contributed by atoms with Crippen molar-refractivity contribution in [1.29, 1.82) is 0 Å². The molecule has 3 aliphatic rings. The van der Waals surface area contributed by atoms with Crippen LogP contribution >= 0.6 is 0 Å². The van der Waals surface area contributed by atoms with Gasteiger partial charge in [0, 0.05) is 41.9 Å². The maximum absolute atomic E-state index is 4.65. The molecule has 0 saturated heterocycles. The van der Waals surface area contributed by atoms with E-state index >= 15 is 0 Å². The lowest BCUT2D eigenvalue weighted by molar-refractivity contribution is -0.460. The summed E-state index contributed by atoms with van der Waals surface area (Å²) < 4.78 is 2.46. The van der Waals surface area contributed by atoms with Crippen molar-refractivity contribution >= 4 is 24.1 Å². The summed E-state index contributed by atoms with van der Waals surface area (Å²) in [4.78, 5) is 2.56. The molecule has 54 heavy (non-hydrogen) atoms. The minimum atomic E-state index is -0.191. The second-order valence-electron chi connectivity index (χ2n) is 15.1. The summed E-state index contributed by atoms with van der Waals surface area (Å²) in [6, 6.07) is 4.49. The van der Waals surface area contributed by atoms with Gasteiger partial charge < -0.3 is 4.90 Å². The predicted octanol–water partition coefficient (Wildman–Crippen LogP) is 11.2. The maximum Gasteiger partial charge on any atom is 0.191 e. The van der Waals surface area contributed by atoms with Gasteiger partial charge in [-0.2, -0.15) is 0 Å². The van der Waals surface area contributed by atoms with Gasteiger partial charge in [0.15, 0.2) is 11.9 Å². The van der Waals surface area contributed by atoms with E-state index in [1.807, 2.05) is 19.9 Å². The number of hydrogen-bond donors (Lipinski definition) is 2. The van der Waals surface area contributed by atoms with Crippen LogP contribution < -0.4 is 26.6 Å². The first-order valence-corrected chi connectivity index (χ1v) is 20.7. The molecule has 1 aromatic carbocycles. The van der Waals surface area contributed by atoms with Crippen LogP contribution in [0.2, 0.25) is 0 Å². The van der Waals surface area contributed by atoms with E-state index in [1.165, 1.54) is 76.7 Å². The van der Waals surface area contributed by atoms with Gasteiger partial charge in [0.25, 0.3) is 0 Å². The van der Waals surface area contributed by atoms with Crippen molar-refractivity contribution in [2.75, 3.05) is 25.0 Å². The molecular weight excluding hydrogens is 657 g/mol. The summed E-state index contributed by atoms with van der Waals surface area (Å²) in [6.07, 6.45) is 40.7. The molecule has 294 valence electrons. The third-order valence-electron chi connectivity index (χ3n) is 10.5. The monoisotopic (exact) mass is 732 g/mol. The first kappa shape index (κ1) is 46.2. The molecular formula is C50H75N4+. The number of nitrogens with two attached hydrogens (primary N) is 1. The van der Waals surface area contributed by atoms with Gasteiger partial charge in [-0.05, 0) is 111 Å². The molecule has 0 aromatic heterocycles. The summed E-state index contributed by atoms with van der Waals surface area (Å²) in [7, 11) is 1.65. The van der Waals surface area contributed by atoms with Crippen LogP contribution in [-0.2, 0) is 5.41 Å². The molecule has 0 amide bonds. The van der Waals surface area contributed by atoms with Crippen molar-refractivity contribution < 1.29 is 4.58 Å². The normalized spacial score (nSPS) is 20.5. The Labute approximate surface area is 331 Å². The van der Waals surface area contributed by atoms with Crippen molar-refractivity contribution in [1.82, 2.24) is 5.43 Å². The predicted molar refractivity (Wildman–Crippen MR) is 242 cm³/mol. The van der Waals surface area contributed by atoms with Crippen molar-refractivity contribution in [3.8, 4) is 0 Å². The van der Waals surface area contributed by atoms with Gasteiger partial charge in [-0.1, -0.05) is 128 Å². The molecule has 0 unspecified atom stereocenters. The Morgan fingerprint density at radius 2 is 1.57 bits per heavy atom. The number of anilines is 1. The summed E-state index contributed by atoms with van der Waals surface area (Å²) >= 11 is 0. The molecule has 0 radical (unpaired) electrons. The number of nitrogens with one attached hydrogen (secondary N) is 1. The van der Waals surface area contributed by atoms with E-state index in [0.29, 0.717) is 0 Å². The first-order valence-electron chi connectivity index (χ1n) is 20.7. The third-order valence-corrected chi connectivity index (χ3v) is 10.5. The molecule has 4 nitrogen and oxygen atoms in total. The van der Waals surface area contributed by atoms with E-state index in [9.17, 15) is 0 Å². The van der Waals surface area contributed by atoms with Crippen LogP contribution in [0.15, 0.2) is 121 Å². The summed E-state index contributed by atoms with van der Waals surface area (Å²) in [5.74, 6) is 4.60. The minimum Gasteiger partial charge on any atom is -0.344 e. The average Bonchev–Trinajstić information content (AvgIpc) is 3.37. The van der Waals surface area contributed by atoms with Gasteiger partial charge in [-0.25, -0.2) is 4.58 Å². The lowest BCUT2D eigenvalue weighted by atomic mass is 9.73. The SMILES string of the molecule is C=CCCCCCN1\C(=C/C=C/C=C/C=C/C2=[N+](CCCCC)\C=C/C3=CCCC=C3C(=C)C2(C)C)C(C)(C)c2c1ccc(=C)/c2=C\CC.CC.CNN. The van der Waals surface area contributed by atoms with E-state index in [-0.39, 0.29) is 10.8 Å². The first-order chi connectivity index (χ1) is 26.0. The Hall–Kier alpha value is -3.99. The molecule has 2 heterocycles. The minimum absolute atomic E-state index is 0.112. The van der Waals surface area contributed by atoms with Crippen LogP contribution in [0.1, 0.15) is 125 Å². The second-order valence-corrected chi connectivity index (χ2v) is 15.1. The number of allylic oxidation sites excluding steroid dienone is 15. The topological polar surface area (TPSA) is 44.3 Å². The molecule has 4 heteroatoms. The Kier molecular flexibility index (Phi) is 20.3. The van der Waals surface area contributed by atoms with E-state index < -0.39 is 0 Å². The number of unbranched alkanes of at least 4 members (excludes halogenated alkanes) is 5. The van der Waals surface area contributed by atoms with Crippen LogP contribution in [0.3, 0.4) is 0 Å². The Morgan fingerprint density at radius 1 is 0.889 bits per heavy atom.